The van der Waals surface area contributed by atoms with Crippen LogP contribution in [-0.2, 0) is 11.3 Å². The highest BCUT2D eigenvalue weighted by atomic mass is 16.7. The van der Waals surface area contributed by atoms with Crippen molar-refractivity contribution in [3.63, 3.8) is 0 Å². The largest absolute Gasteiger partial charge is 0.454 e. The van der Waals surface area contributed by atoms with Crippen molar-refractivity contribution in [2.45, 2.75) is 32.4 Å². The highest BCUT2D eigenvalue weighted by Gasteiger charge is 2.30. The minimum absolute atomic E-state index is 0.180. The van der Waals surface area contributed by atoms with Gasteiger partial charge in [-0.05, 0) is 25.8 Å². The summed E-state index contributed by atoms with van der Waals surface area (Å²) in [6, 6.07) is 6.30. The Hall–Kier alpha value is -1.75. The van der Waals surface area contributed by atoms with Gasteiger partial charge >= 0.3 is 0 Å². The van der Waals surface area contributed by atoms with Crippen LogP contribution in [0.4, 0.5) is 0 Å². The molecule has 0 saturated heterocycles. The Morgan fingerprint density at radius 3 is 3.00 bits per heavy atom. The van der Waals surface area contributed by atoms with Crippen LogP contribution in [0.25, 0.3) is 0 Å². The molecule has 1 aromatic carbocycles. The summed E-state index contributed by atoms with van der Waals surface area (Å²) in [6.07, 6.45) is 2.30. The maximum atomic E-state index is 12.1. The van der Waals surface area contributed by atoms with Crippen LogP contribution in [0, 0.1) is 0 Å². The second kappa shape index (κ2) is 5.71. The van der Waals surface area contributed by atoms with E-state index in [0.717, 1.165) is 36.4 Å². The van der Waals surface area contributed by atoms with Crippen molar-refractivity contribution in [3.05, 3.63) is 23.8 Å². The standard InChI is InChI=1S/C15H20N2O3/c1-2-17(12-6-7-12)14(18)9-16-8-11-4-3-5-13-15(11)20-10-19-13/h3-5,12,16H,2,6-10H2,1H3. The summed E-state index contributed by atoms with van der Waals surface area (Å²) in [4.78, 5) is 14.0. The molecule has 1 fully saturated rings. The van der Waals surface area contributed by atoms with Gasteiger partial charge in [0.05, 0.1) is 6.54 Å². The molecule has 0 bridgehead atoms. The van der Waals surface area contributed by atoms with Crippen molar-refractivity contribution in [1.29, 1.82) is 0 Å². The number of hydrogen-bond acceptors (Lipinski definition) is 4. The summed E-state index contributed by atoms with van der Waals surface area (Å²) >= 11 is 0. The topological polar surface area (TPSA) is 50.8 Å². The molecule has 1 amide bonds. The first-order valence-electron chi connectivity index (χ1n) is 7.17. The van der Waals surface area contributed by atoms with Crippen molar-refractivity contribution in [2.24, 2.45) is 0 Å². The van der Waals surface area contributed by atoms with E-state index >= 15 is 0 Å². The number of carbonyl (C=O) groups excluding carboxylic acids is 1. The summed E-state index contributed by atoms with van der Waals surface area (Å²) < 4.78 is 10.8. The minimum atomic E-state index is 0.180. The molecule has 2 aliphatic rings. The lowest BCUT2D eigenvalue weighted by Crippen LogP contribution is -2.39. The number of para-hydroxylation sites is 1. The summed E-state index contributed by atoms with van der Waals surface area (Å²) in [5.41, 5.74) is 1.03. The Labute approximate surface area is 118 Å². The van der Waals surface area contributed by atoms with Crippen molar-refractivity contribution in [2.75, 3.05) is 19.9 Å². The molecule has 1 aromatic rings. The molecule has 1 saturated carbocycles. The average Bonchev–Trinajstić information content (AvgIpc) is 3.16. The van der Waals surface area contributed by atoms with E-state index in [0.29, 0.717) is 19.1 Å². The molecule has 0 atom stereocenters. The van der Waals surface area contributed by atoms with E-state index in [4.69, 9.17) is 9.47 Å². The second-order valence-electron chi connectivity index (χ2n) is 5.17. The van der Waals surface area contributed by atoms with E-state index in [1.807, 2.05) is 30.0 Å². The van der Waals surface area contributed by atoms with Gasteiger partial charge in [-0.3, -0.25) is 4.79 Å². The smallest absolute Gasteiger partial charge is 0.236 e. The molecule has 3 rings (SSSR count). The van der Waals surface area contributed by atoms with Gasteiger partial charge in [0.2, 0.25) is 12.7 Å². The van der Waals surface area contributed by atoms with Gasteiger partial charge in [-0.1, -0.05) is 12.1 Å². The molecule has 0 unspecified atom stereocenters. The SMILES string of the molecule is CCN(C(=O)CNCc1cccc2c1OCO2)C1CC1. The predicted octanol–water partition coefficient (Wildman–Crippen LogP) is 1.52. The van der Waals surface area contributed by atoms with E-state index in [2.05, 4.69) is 5.32 Å². The van der Waals surface area contributed by atoms with E-state index in [1.54, 1.807) is 0 Å². The number of rotatable bonds is 6. The van der Waals surface area contributed by atoms with Crippen molar-refractivity contribution >= 4 is 5.91 Å². The summed E-state index contributed by atoms with van der Waals surface area (Å²) in [7, 11) is 0. The summed E-state index contributed by atoms with van der Waals surface area (Å²) in [5, 5.41) is 3.20. The molecule has 108 valence electrons. The quantitative estimate of drug-likeness (QED) is 0.856. The van der Waals surface area contributed by atoms with Crippen LogP contribution in [0.15, 0.2) is 18.2 Å². The van der Waals surface area contributed by atoms with Gasteiger partial charge in [0.25, 0.3) is 0 Å². The lowest BCUT2D eigenvalue weighted by atomic mass is 10.2. The summed E-state index contributed by atoms with van der Waals surface area (Å²) in [5.74, 6) is 1.76. The molecule has 5 heteroatoms. The molecule has 1 heterocycles. The monoisotopic (exact) mass is 276 g/mol. The molecule has 0 radical (unpaired) electrons. The maximum Gasteiger partial charge on any atom is 0.236 e. The first-order chi connectivity index (χ1) is 9.79. The lowest BCUT2D eigenvalue weighted by Gasteiger charge is -2.20. The zero-order valence-electron chi connectivity index (χ0n) is 11.7. The molecular weight excluding hydrogens is 256 g/mol. The Morgan fingerprint density at radius 1 is 1.40 bits per heavy atom. The van der Waals surface area contributed by atoms with Crippen LogP contribution in [0.3, 0.4) is 0 Å². The highest BCUT2D eigenvalue weighted by Crippen LogP contribution is 2.35. The Morgan fingerprint density at radius 2 is 2.25 bits per heavy atom. The van der Waals surface area contributed by atoms with Gasteiger partial charge in [0.15, 0.2) is 11.5 Å². The third-order valence-corrected chi connectivity index (χ3v) is 3.72. The third kappa shape index (κ3) is 2.72. The first kappa shape index (κ1) is 13.2. The van der Waals surface area contributed by atoms with Crippen molar-refractivity contribution < 1.29 is 14.3 Å². The number of fused-ring (bicyclic) bond motifs is 1. The summed E-state index contributed by atoms with van der Waals surface area (Å²) in [6.45, 7) is 4.08. The molecule has 20 heavy (non-hydrogen) atoms. The molecule has 1 aliphatic heterocycles. The zero-order valence-corrected chi connectivity index (χ0v) is 11.7. The zero-order chi connectivity index (χ0) is 13.9. The minimum Gasteiger partial charge on any atom is -0.454 e. The fourth-order valence-corrected chi connectivity index (χ4v) is 2.56. The lowest BCUT2D eigenvalue weighted by molar-refractivity contribution is -0.130. The van der Waals surface area contributed by atoms with Crippen molar-refractivity contribution in [3.8, 4) is 11.5 Å². The van der Waals surface area contributed by atoms with Crippen molar-refractivity contribution in [1.82, 2.24) is 10.2 Å². The predicted molar refractivity (Wildman–Crippen MR) is 74.7 cm³/mol. The van der Waals surface area contributed by atoms with E-state index < -0.39 is 0 Å². The fraction of sp³-hybridized carbons (Fsp3) is 0.533. The number of amides is 1. The molecule has 1 aliphatic carbocycles. The molecule has 0 spiro atoms. The fourth-order valence-electron chi connectivity index (χ4n) is 2.56. The molecule has 5 nitrogen and oxygen atoms in total. The van der Waals surface area contributed by atoms with E-state index in [-0.39, 0.29) is 12.7 Å². The Bertz CT molecular complexity index is 500. The Kier molecular flexibility index (Phi) is 3.78. The van der Waals surface area contributed by atoms with Gasteiger partial charge in [-0.2, -0.15) is 0 Å². The third-order valence-electron chi connectivity index (χ3n) is 3.72. The molecule has 1 N–H and O–H groups in total. The van der Waals surface area contributed by atoms with Gasteiger partial charge in [0, 0.05) is 24.7 Å². The number of ether oxygens (including phenoxy) is 2. The number of hydrogen-bond donors (Lipinski definition) is 1. The van der Waals surface area contributed by atoms with Crippen LogP contribution >= 0.6 is 0 Å². The number of carbonyl (C=O) groups is 1. The van der Waals surface area contributed by atoms with Gasteiger partial charge in [0.1, 0.15) is 0 Å². The average molecular weight is 276 g/mol. The van der Waals surface area contributed by atoms with Crippen LogP contribution in [0.1, 0.15) is 25.3 Å². The number of benzene rings is 1. The van der Waals surface area contributed by atoms with Gasteiger partial charge in [-0.25, -0.2) is 0 Å². The Balaban J connectivity index is 1.53. The first-order valence-corrected chi connectivity index (χ1v) is 7.17. The van der Waals surface area contributed by atoms with Crippen LogP contribution < -0.4 is 14.8 Å². The molecular formula is C15H20N2O3. The van der Waals surface area contributed by atoms with Crippen LogP contribution in [-0.4, -0.2) is 36.7 Å². The normalized spacial score (nSPS) is 16.2. The number of nitrogens with one attached hydrogen (secondary N) is 1. The van der Waals surface area contributed by atoms with E-state index in [1.165, 1.54) is 0 Å². The highest BCUT2D eigenvalue weighted by molar-refractivity contribution is 5.78. The van der Waals surface area contributed by atoms with Crippen LogP contribution in [0.5, 0.6) is 11.5 Å². The number of likely N-dealkylation sites (N-methyl/N-ethyl adjacent to an activating group) is 1. The van der Waals surface area contributed by atoms with Gasteiger partial charge < -0.3 is 19.7 Å². The maximum absolute atomic E-state index is 12.1. The second-order valence-corrected chi connectivity index (χ2v) is 5.17. The number of nitrogens with zero attached hydrogens (tertiary/aromatic N) is 1. The van der Waals surface area contributed by atoms with E-state index in [9.17, 15) is 4.79 Å². The molecule has 0 aromatic heterocycles. The van der Waals surface area contributed by atoms with Crippen LogP contribution in [0.2, 0.25) is 0 Å². The van der Waals surface area contributed by atoms with Gasteiger partial charge in [-0.15, -0.1) is 0 Å².